The number of amides is 4. The maximum Gasteiger partial charge on any atom is 0.263 e. The van der Waals surface area contributed by atoms with Gasteiger partial charge in [0, 0.05) is 12.8 Å². The molecule has 0 radical (unpaired) electrons. The summed E-state index contributed by atoms with van der Waals surface area (Å²) in [5.74, 6) is -1.99. The van der Waals surface area contributed by atoms with Crippen LogP contribution in [0.4, 0.5) is 0 Å². The minimum Gasteiger partial charge on any atom is -0.269 e. The van der Waals surface area contributed by atoms with E-state index in [1.807, 2.05) is 100 Å². The van der Waals surface area contributed by atoms with Crippen molar-refractivity contribution in [3.8, 4) is 0 Å². The molecule has 2 aliphatic heterocycles. The molecule has 2 aliphatic rings. The Hall–Kier alpha value is -4.26. The molecule has 0 saturated carbocycles. The van der Waals surface area contributed by atoms with Crippen molar-refractivity contribution in [2.75, 3.05) is 19.4 Å². The Bertz CT molecular complexity index is 1140. The van der Waals surface area contributed by atoms with Gasteiger partial charge in [-0.25, -0.2) is 0 Å². The van der Waals surface area contributed by atoms with Gasteiger partial charge in [-0.05, 0) is 24.3 Å². The average molecular weight is 624 g/mol. The standard InChI is InChI=1S/C17H10N2O4.2C6H6.2C2H6.2CH3Cl/c20-14-10-5-1-2-6-11(10)15(21)18(14)9-19-16(22)12-7-3-4-8-13(12)17(19)23;2*1-2-4-6-5-3-1;4*1-2/h1-8H,9H2;2*1-6H;2*1-2H3;2*1H3. The number of imide groups is 2. The lowest BCUT2D eigenvalue weighted by molar-refractivity contribution is 0.0471. The lowest BCUT2D eigenvalue weighted by atomic mass is 10.1. The minimum absolute atomic E-state index is 0.286. The largest absolute Gasteiger partial charge is 0.269 e. The van der Waals surface area contributed by atoms with Gasteiger partial charge in [-0.2, -0.15) is 0 Å². The summed E-state index contributed by atoms with van der Waals surface area (Å²) >= 11 is 9.28. The van der Waals surface area contributed by atoms with Crippen molar-refractivity contribution in [2.45, 2.75) is 27.7 Å². The number of nitrogens with zero attached hydrogens (tertiary/aromatic N) is 2. The summed E-state index contributed by atoms with van der Waals surface area (Å²) in [6.07, 6.45) is 2.94. The Morgan fingerprint density at radius 3 is 0.698 bits per heavy atom. The molecule has 228 valence electrons. The topological polar surface area (TPSA) is 74.8 Å². The van der Waals surface area contributed by atoms with Gasteiger partial charge < -0.3 is 0 Å². The third-order valence-electron chi connectivity index (χ3n) is 5.37. The first-order chi connectivity index (χ1) is 21.1. The number of benzene rings is 4. The Labute approximate surface area is 265 Å². The van der Waals surface area contributed by atoms with E-state index >= 15 is 0 Å². The van der Waals surface area contributed by atoms with Crippen molar-refractivity contribution < 1.29 is 19.2 Å². The molecular formula is C35H40Cl2N2O4. The SMILES string of the molecule is CC.CC.CCl.CCl.O=C1c2ccccc2C(=O)N1CN1C(=O)c2ccccc2C1=O.c1ccccc1.c1ccccc1. The van der Waals surface area contributed by atoms with Crippen LogP contribution in [0.1, 0.15) is 69.1 Å². The van der Waals surface area contributed by atoms with Crippen LogP contribution in [0.15, 0.2) is 121 Å². The summed E-state index contributed by atoms with van der Waals surface area (Å²) in [6, 6.07) is 36.9. The monoisotopic (exact) mass is 622 g/mol. The number of fused-ring (bicyclic) bond motifs is 2. The normalized spacial score (nSPS) is 11.4. The van der Waals surface area contributed by atoms with Crippen molar-refractivity contribution in [1.82, 2.24) is 9.80 Å². The lowest BCUT2D eigenvalue weighted by Crippen LogP contribution is -2.43. The molecule has 0 aliphatic carbocycles. The number of carbonyl (C=O) groups is 4. The van der Waals surface area contributed by atoms with E-state index < -0.39 is 23.6 Å². The van der Waals surface area contributed by atoms with Crippen LogP contribution in [0.2, 0.25) is 0 Å². The zero-order valence-corrected chi connectivity index (χ0v) is 27.0. The second kappa shape index (κ2) is 23.3. The Morgan fingerprint density at radius 2 is 0.535 bits per heavy atom. The second-order valence-electron chi connectivity index (χ2n) is 7.62. The van der Waals surface area contributed by atoms with E-state index in [9.17, 15) is 19.2 Å². The number of rotatable bonds is 2. The number of alkyl halides is 2. The zero-order chi connectivity index (χ0) is 32.6. The molecule has 0 spiro atoms. The first-order valence-electron chi connectivity index (χ1n) is 13.8. The predicted octanol–water partition coefficient (Wildman–Crippen LogP) is 8.67. The van der Waals surface area contributed by atoms with E-state index in [0.29, 0.717) is 0 Å². The zero-order valence-electron chi connectivity index (χ0n) is 25.5. The summed E-state index contributed by atoms with van der Waals surface area (Å²) in [5.41, 5.74) is 1.14. The van der Waals surface area contributed by atoms with Crippen LogP contribution in [0.5, 0.6) is 0 Å². The van der Waals surface area contributed by atoms with E-state index in [4.69, 9.17) is 0 Å². The van der Waals surface area contributed by atoms with Crippen LogP contribution in [0, 0.1) is 0 Å². The molecule has 6 nitrogen and oxygen atoms in total. The predicted molar refractivity (Wildman–Crippen MR) is 178 cm³/mol. The molecule has 0 fully saturated rings. The minimum atomic E-state index is -0.498. The number of hydrogen-bond acceptors (Lipinski definition) is 4. The molecule has 0 unspecified atom stereocenters. The van der Waals surface area contributed by atoms with E-state index in [1.165, 1.54) is 12.8 Å². The van der Waals surface area contributed by atoms with Gasteiger partial charge in [-0.15, -0.1) is 23.2 Å². The third kappa shape index (κ3) is 11.2. The summed E-state index contributed by atoms with van der Waals surface area (Å²) in [6.45, 7) is 7.62. The first kappa shape index (κ1) is 38.7. The molecule has 0 N–H and O–H groups in total. The average Bonchev–Trinajstić information content (AvgIpc) is 3.51. The summed E-state index contributed by atoms with van der Waals surface area (Å²) in [7, 11) is 0. The molecule has 6 rings (SSSR count). The number of halogens is 2. The van der Waals surface area contributed by atoms with Gasteiger partial charge in [0.05, 0.1) is 22.3 Å². The van der Waals surface area contributed by atoms with Gasteiger partial charge in [0.2, 0.25) is 0 Å². The molecule has 4 aromatic carbocycles. The highest BCUT2D eigenvalue weighted by Crippen LogP contribution is 2.26. The third-order valence-corrected chi connectivity index (χ3v) is 5.37. The van der Waals surface area contributed by atoms with Crippen LogP contribution < -0.4 is 0 Å². The fourth-order valence-electron chi connectivity index (χ4n) is 3.65. The fraction of sp³-hybridized carbons (Fsp3) is 0.200. The van der Waals surface area contributed by atoms with Crippen LogP contribution in [-0.4, -0.2) is 52.9 Å². The van der Waals surface area contributed by atoms with Crippen LogP contribution in [-0.2, 0) is 0 Å². The van der Waals surface area contributed by atoms with Crippen LogP contribution >= 0.6 is 23.2 Å². The van der Waals surface area contributed by atoms with E-state index in [1.54, 1.807) is 48.5 Å². The van der Waals surface area contributed by atoms with E-state index in [2.05, 4.69) is 23.2 Å². The van der Waals surface area contributed by atoms with Crippen molar-refractivity contribution in [3.63, 3.8) is 0 Å². The summed E-state index contributed by atoms with van der Waals surface area (Å²) in [5, 5.41) is 0. The molecule has 2 heterocycles. The van der Waals surface area contributed by atoms with Crippen molar-refractivity contribution in [1.29, 1.82) is 0 Å². The molecule has 0 saturated heterocycles. The van der Waals surface area contributed by atoms with Gasteiger partial charge in [0.1, 0.15) is 6.67 Å². The molecule has 0 atom stereocenters. The number of carbonyl (C=O) groups excluding carboxylic acids is 4. The maximum atomic E-state index is 12.3. The van der Waals surface area contributed by atoms with Crippen molar-refractivity contribution >= 4 is 46.8 Å². The maximum absolute atomic E-state index is 12.3. The molecule has 0 aromatic heterocycles. The van der Waals surface area contributed by atoms with Crippen LogP contribution in [0.25, 0.3) is 0 Å². The van der Waals surface area contributed by atoms with Gasteiger partial charge >= 0.3 is 0 Å². The molecular weight excluding hydrogens is 583 g/mol. The van der Waals surface area contributed by atoms with Gasteiger partial charge in [-0.1, -0.05) is 125 Å². The van der Waals surface area contributed by atoms with Gasteiger partial charge in [-0.3, -0.25) is 29.0 Å². The fourth-order valence-corrected chi connectivity index (χ4v) is 3.65. The van der Waals surface area contributed by atoms with Gasteiger partial charge in [0.15, 0.2) is 0 Å². The molecule has 0 bridgehead atoms. The Kier molecular flexibility index (Phi) is 21.0. The Morgan fingerprint density at radius 1 is 0.372 bits per heavy atom. The lowest BCUT2D eigenvalue weighted by Gasteiger charge is -2.20. The highest BCUT2D eigenvalue weighted by Gasteiger charge is 2.41. The van der Waals surface area contributed by atoms with Crippen molar-refractivity contribution in [2.24, 2.45) is 0 Å². The summed E-state index contributed by atoms with van der Waals surface area (Å²) in [4.78, 5) is 51.2. The van der Waals surface area contributed by atoms with E-state index in [-0.39, 0.29) is 28.9 Å². The molecule has 8 heteroatoms. The molecule has 43 heavy (non-hydrogen) atoms. The van der Waals surface area contributed by atoms with Crippen LogP contribution in [0.3, 0.4) is 0 Å². The highest BCUT2D eigenvalue weighted by atomic mass is 35.5. The van der Waals surface area contributed by atoms with Gasteiger partial charge in [0.25, 0.3) is 23.6 Å². The highest BCUT2D eigenvalue weighted by molar-refractivity contribution is 6.24. The first-order valence-corrected chi connectivity index (χ1v) is 15.3. The summed E-state index contributed by atoms with van der Waals surface area (Å²) < 4.78 is 0. The second-order valence-corrected chi connectivity index (χ2v) is 7.62. The number of hydrogen-bond donors (Lipinski definition) is 0. The molecule has 4 aromatic rings. The quantitative estimate of drug-likeness (QED) is 0.165. The van der Waals surface area contributed by atoms with Crippen molar-refractivity contribution in [3.05, 3.63) is 144 Å². The smallest absolute Gasteiger partial charge is 0.263 e. The molecule has 4 amide bonds. The van der Waals surface area contributed by atoms with E-state index in [0.717, 1.165) is 9.80 Å². The Balaban J connectivity index is 0.000000723.